The van der Waals surface area contributed by atoms with Gasteiger partial charge in [-0.3, -0.25) is 0 Å². The molecule has 100 valence electrons. The highest BCUT2D eigenvalue weighted by atomic mass is 16.3. The van der Waals surface area contributed by atoms with Gasteiger partial charge in [0.1, 0.15) is 12.0 Å². The molecule has 0 atom stereocenters. The zero-order valence-corrected chi connectivity index (χ0v) is 11.1. The first-order chi connectivity index (χ1) is 9.86. The Morgan fingerprint density at radius 3 is 2.55 bits per heavy atom. The summed E-state index contributed by atoms with van der Waals surface area (Å²) in [7, 11) is 0. The lowest BCUT2D eigenvalue weighted by Gasteiger charge is -2.00. The average molecular weight is 264 g/mol. The molecule has 3 rings (SSSR count). The first kappa shape index (κ1) is 12.6. The van der Waals surface area contributed by atoms with Gasteiger partial charge >= 0.3 is 0 Å². The van der Waals surface area contributed by atoms with Crippen molar-refractivity contribution in [3.8, 4) is 22.7 Å². The number of nitrogens with two attached hydrogens (primary N) is 1. The summed E-state index contributed by atoms with van der Waals surface area (Å²) in [6.07, 6.45) is 2.56. The molecule has 0 aliphatic rings. The number of hydrogen-bond donors (Lipinski definition) is 1. The van der Waals surface area contributed by atoms with Gasteiger partial charge in [-0.05, 0) is 30.7 Å². The Morgan fingerprint density at radius 2 is 1.75 bits per heavy atom. The maximum atomic E-state index is 5.60. The van der Waals surface area contributed by atoms with Gasteiger partial charge in [0.2, 0.25) is 5.89 Å². The molecule has 0 aliphatic heterocycles. The number of aromatic nitrogens is 1. The van der Waals surface area contributed by atoms with E-state index < -0.39 is 0 Å². The maximum Gasteiger partial charge on any atom is 0.226 e. The fraction of sp³-hybridized carbons (Fsp3) is 0.118. The van der Waals surface area contributed by atoms with Crippen molar-refractivity contribution in [3.63, 3.8) is 0 Å². The van der Waals surface area contributed by atoms with E-state index in [1.54, 1.807) is 6.26 Å². The minimum Gasteiger partial charge on any atom is -0.444 e. The molecule has 0 saturated carbocycles. The highest BCUT2D eigenvalue weighted by molar-refractivity contribution is 5.62. The predicted molar refractivity (Wildman–Crippen MR) is 80.1 cm³/mol. The standard InChI is InChI=1S/C17H16N2O/c18-10-9-13-5-4-8-15(11-13)17-19-16(12-20-17)14-6-2-1-3-7-14/h1-8,11-12H,9-10,18H2. The lowest BCUT2D eigenvalue weighted by Crippen LogP contribution is -2.02. The number of nitrogens with zero attached hydrogens (tertiary/aromatic N) is 1. The minimum atomic E-state index is 0.641. The number of oxazole rings is 1. The van der Waals surface area contributed by atoms with Crippen LogP contribution in [-0.4, -0.2) is 11.5 Å². The molecule has 0 spiro atoms. The topological polar surface area (TPSA) is 52.0 Å². The zero-order valence-electron chi connectivity index (χ0n) is 11.1. The molecular weight excluding hydrogens is 248 g/mol. The van der Waals surface area contributed by atoms with Crippen molar-refractivity contribution in [2.75, 3.05) is 6.54 Å². The second kappa shape index (κ2) is 5.72. The molecule has 2 aromatic carbocycles. The monoisotopic (exact) mass is 264 g/mol. The fourth-order valence-electron chi connectivity index (χ4n) is 2.17. The number of rotatable bonds is 4. The summed E-state index contributed by atoms with van der Waals surface area (Å²) in [6, 6.07) is 18.2. The molecule has 1 heterocycles. The second-order valence-electron chi connectivity index (χ2n) is 4.64. The third kappa shape index (κ3) is 2.63. The number of hydrogen-bond acceptors (Lipinski definition) is 3. The van der Waals surface area contributed by atoms with Crippen LogP contribution in [0.3, 0.4) is 0 Å². The largest absolute Gasteiger partial charge is 0.444 e. The fourth-order valence-corrected chi connectivity index (χ4v) is 2.17. The Balaban J connectivity index is 1.92. The van der Waals surface area contributed by atoms with E-state index in [4.69, 9.17) is 10.2 Å². The van der Waals surface area contributed by atoms with Crippen LogP contribution in [0.15, 0.2) is 65.3 Å². The Kier molecular flexibility index (Phi) is 3.61. The Labute approximate surface area is 118 Å². The van der Waals surface area contributed by atoms with Crippen LogP contribution in [0, 0.1) is 0 Å². The summed E-state index contributed by atoms with van der Waals surface area (Å²) in [6.45, 7) is 0.643. The van der Waals surface area contributed by atoms with Crippen molar-refractivity contribution in [2.45, 2.75) is 6.42 Å². The van der Waals surface area contributed by atoms with Crippen molar-refractivity contribution in [1.29, 1.82) is 0 Å². The van der Waals surface area contributed by atoms with Gasteiger partial charge in [0.25, 0.3) is 0 Å². The van der Waals surface area contributed by atoms with Gasteiger partial charge in [-0.15, -0.1) is 0 Å². The Hall–Kier alpha value is -2.39. The van der Waals surface area contributed by atoms with Crippen molar-refractivity contribution in [1.82, 2.24) is 4.98 Å². The summed E-state index contributed by atoms with van der Waals surface area (Å²) < 4.78 is 5.60. The number of benzene rings is 2. The molecule has 0 amide bonds. The van der Waals surface area contributed by atoms with Gasteiger partial charge in [0, 0.05) is 11.1 Å². The molecule has 2 N–H and O–H groups in total. The van der Waals surface area contributed by atoms with Crippen LogP contribution < -0.4 is 5.73 Å². The van der Waals surface area contributed by atoms with Crippen molar-refractivity contribution >= 4 is 0 Å². The van der Waals surface area contributed by atoms with Crippen LogP contribution in [0.2, 0.25) is 0 Å². The smallest absolute Gasteiger partial charge is 0.226 e. The van der Waals surface area contributed by atoms with Gasteiger partial charge < -0.3 is 10.2 Å². The lowest BCUT2D eigenvalue weighted by molar-refractivity contribution is 0.575. The SMILES string of the molecule is NCCc1cccc(-c2nc(-c3ccccc3)co2)c1. The third-order valence-electron chi connectivity index (χ3n) is 3.18. The normalized spacial score (nSPS) is 10.7. The molecule has 0 saturated heterocycles. The van der Waals surface area contributed by atoms with E-state index in [0.717, 1.165) is 23.2 Å². The third-order valence-corrected chi connectivity index (χ3v) is 3.18. The molecule has 0 bridgehead atoms. The quantitative estimate of drug-likeness (QED) is 0.784. The van der Waals surface area contributed by atoms with E-state index in [2.05, 4.69) is 17.1 Å². The molecule has 3 heteroatoms. The molecule has 3 nitrogen and oxygen atoms in total. The van der Waals surface area contributed by atoms with E-state index in [1.807, 2.05) is 42.5 Å². The highest BCUT2D eigenvalue weighted by Gasteiger charge is 2.08. The summed E-state index contributed by atoms with van der Waals surface area (Å²) in [4.78, 5) is 4.55. The van der Waals surface area contributed by atoms with Gasteiger partial charge in [-0.1, -0.05) is 42.5 Å². The summed E-state index contributed by atoms with van der Waals surface area (Å²) >= 11 is 0. The van der Waals surface area contributed by atoms with E-state index in [9.17, 15) is 0 Å². The second-order valence-corrected chi connectivity index (χ2v) is 4.64. The van der Waals surface area contributed by atoms with Gasteiger partial charge in [0.05, 0.1) is 0 Å². The molecule has 1 aromatic heterocycles. The highest BCUT2D eigenvalue weighted by Crippen LogP contribution is 2.25. The van der Waals surface area contributed by atoms with Crippen LogP contribution in [0.4, 0.5) is 0 Å². The molecule has 0 fully saturated rings. The van der Waals surface area contributed by atoms with Crippen LogP contribution in [-0.2, 0) is 6.42 Å². The lowest BCUT2D eigenvalue weighted by atomic mass is 10.1. The van der Waals surface area contributed by atoms with Crippen molar-refractivity contribution in [3.05, 3.63) is 66.4 Å². The van der Waals surface area contributed by atoms with Gasteiger partial charge in [-0.25, -0.2) is 4.98 Å². The maximum absolute atomic E-state index is 5.60. The molecule has 0 radical (unpaired) electrons. The van der Waals surface area contributed by atoms with E-state index in [0.29, 0.717) is 12.4 Å². The van der Waals surface area contributed by atoms with Crippen molar-refractivity contribution < 1.29 is 4.42 Å². The minimum absolute atomic E-state index is 0.641. The molecule has 0 unspecified atom stereocenters. The summed E-state index contributed by atoms with van der Waals surface area (Å²) in [5, 5.41) is 0. The van der Waals surface area contributed by atoms with Crippen LogP contribution in [0.1, 0.15) is 5.56 Å². The first-order valence-electron chi connectivity index (χ1n) is 6.67. The van der Waals surface area contributed by atoms with Crippen LogP contribution in [0.5, 0.6) is 0 Å². The van der Waals surface area contributed by atoms with Crippen LogP contribution in [0.25, 0.3) is 22.7 Å². The average Bonchev–Trinajstić information content (AvgIpc) is 2.99. The summed E-state index contributed by atoms with van der Waals surface area (Å²) in [5.74, 6) is 0.641. The molecule has 3 aromatic rings. The van der Waals surface area contributed by atoms with E-state index >= 15 is 0 Å². The zero-order chi connectivity index (χ0) is 13.8. The van der Waals surface area contributed by atoms with Crippen LogP contribution >= 0.6 is 0 Å². The molecule has 20 heavy (non-hydrogen) atoms. The Bertz CT molecular complexity index is 689. The first-order valence-corrected chi connectivity index (χ1v) is 6.67. The van der Waals surface area contributed by atoms with Gasteiger partial charge in [0.15, 0.2) is 0 Å². The molecule has 0 aliphatic carbocycles. The van der Waals surface area contributed by atoms with Gasteiger partial charge in [-0.2, -0.15) is 0 Å². The van der Waals surface area contributed by atoms with Crippen molar-refractivity contribution in [2.24, 2.45) is 5.73 Å². The van der Waals surface area contributed by atoms with E-state index in [-0.39, 0.29) is 0 Å². The summed E-state index contributed by atoms with van der Waals surface area (Å²) in [5.41, 5.74) is 9.68. The van der Waals surface area contributed by atoms with E-state index in [1.165, 1.54) is 5.56 Å². The predicted octanol–water partition coefficient (Wildman–Crippen LogP) is 3.51. The Morgan fingerprint density at radius 1 is 0.950 bits per heavy atom. The molecular formula is C17H16N2O.